The van der Waals surface area contributed by atoms with Crippen molar-refractivity contribution >= 4 is 17.4 Å². The molecule has 3 aromatic rings. The van der Waals surface area contributed by atoms with Crippen LogP contribution in [0.15, 0.2) is 54.6 Å². The average Bonchev–Trinajstić information content (AvgIpc) is 2.82. The smallest absolute Gasteiger partial charge is 0.265 e. The van der Waals surface area contributed by atoms with E-state index in [-0.39, 0.29) is 5.91 Å². The molecule has 0 radical (unpaired) electrons. The van der Waals surface area contributed by atoms with Crippen molar-refractivity contribution in [2.24, 2.45) is 0 Å². The summed E-state index contributed by atoms with van der Waals surface area (Å²) in [7, 11) is 0. The number of nitrogens with one attached hydrogen (secondary N) is 1. The number of rotatable bonds is 6. The molecule has 2 heterocycles. The first kappa shape index (κ1) is 21.8. The Balaban J connectivity index is 1.36. The Morgan fingerprint density at radius 2 is 1.72 bits per heavy atom. The van der Waals surface area contributed by atoms with E-state index in [1.54, 1.807) is 6.92 Å². The van der Waals surface area contributed by atoms with Gasteiger partial charge in [0.05, 0.1) is 5.69 Å². The number of carbonyl (C=O) groups excluding carboxylic acids is 1. The topological polar surface area (TPSA) is 67.3 Å². The van der Waals surface area contributed by atoms with Gasteiger partial charge in [-0.05, 0) is 81.5 Å². The van der Waals surface area contributed by atoms with Crippen molar-refractivity contribution in [3.05, 3.63) is 65.7 Å². The standard InChI is InChI=1S/C26H30N4O2/c1-18-7-8-19(2)24(17-18)32-20(3)26(31)27-22-11-9-21(10-12-22)23-13-14-25(29-28-23)30-15-5-4-6-16-30/h7-14,17,20H,4-6,15-16H2,1-3H3,(H,27,31). The lowest BCUT2D eigenvalue weighted by Gasteiger charge is -2.27. The first-order valence-electron chi connectivity index (χ1n) is 11.2. The van der Waals surface area contributed by atoms with Crippen LogP contribution < -0.4 is 15.0 Å². The molecule has 32 heavy (non-hydrogen) atoms. The van der Waals surface area contributed by atoms with Crippen LogP contribution in [-0.2, 0) is 4.79 Å². The first-order valence-corrected chi connectivity index (χ1v) is 11.2. The second-order valence-corrected chi connectivity index (χ2v) is 8.42. The van der Waals surface area contributed by atoms with E-state index in [1.807, 2.05) is 68.4 Å². The molecule has 1 amide bonds. The van der Waals surface area contributed by atoms with Crippen molar-refractivity contribution in [3.8, 4) is 17.0 Å². The Morgan fingerprint density at radius 3 is 2.41 bits per heavy atom. The number of aryl methyl sites for hydroxylation is 2. The molecular weight excluding hydrogens is 400 g/mol. The number of carbonyl (C=O) groups is 1. The number of ether oxygens (including phenoxy) is 1. The predicted molar refractivity (Wildman–Crippen MR) is 128 cm³/mol. The number of hydrogen-bond acceptors (Lipinski definition) is 5. The van der Waals surface area contributed by atoms with Crippen molar-refractivity contribution in [3.63, 3.8) is 0 Å². The number of anilines is 2. The van der Waals surface area contributed by atoms with Crippen molar-refractivity contribution in [1.82, 2.24) is 10.2 Å². The fourth-order valence-electron chi connectivity index (χ4n) is 3.82. The lowest BCUT2D eigenvalue weighted by atomic mass is 10.1. The molecule has 6 heteroatoms. The summed E-state index contributed by atoms with van der Waals surface area (Å²) in [5.41, 5.74) is 4.59. The molecule has 2 aromatic carbocycles. The van der Waals surface area contributed by atoms with Crippen molar-refractivity contribution in [2.75, 3.05) is 23.3 Å². The van der Waals surface area contributed by atoms with Gasteiger partial charge in [0.25, 0.3) is 5.91 Å². The molecule has 4 rings (SSSR count). The van der Waals surface area contributed by atoms with Crippen molar-refractivity contribution in [1.29, 1.82) is 0 Å². The lowest BCUT2D eigenvalue weighted by Crippen LogP contribution is -2.30. The van der Waals surface area contributed by atoms with Gasteiger partial charge in [0, 0.05) is 24.3 Å². The molecule has 1 atom stereocenters. The van der Waals surface area contributed by atoms with E-state index in [0.29, 0.717) is 5.69 Å². The summed E-state index contributed by atoms with van der Waals surface area (Å²) in [4.78, 5) is 14.9. The minimum atomic E-state index is -0.608. The van der Waals surface area contributed by atoms with E-state index in [2.05, 4.69) is 20.4 Å². The van der Waals surface area contributed by atoms with Crippen LogP contribution in [0.2, 0.25) is 0 Å². The third-order valence-corrected chi connectivity index (χ3v) is 5.80. The van der Waals surface area contributed by atoms with E-state index < -0.39 is 6.10 Å². The highest BCUT2D eigenvalue weighted by molar-refractivity contribution is 5.94. The van der Waals surface area contributed by atoms with Crippen LogP contribution in [0.5, 0.6) is 5.75 Å². The number of hydrogen-bond donors (Lipinski definition) is 1. The van der Waals surface area contributed by atoms with Gasteiger partial charge in [0.1, 0.15) is 5.75 Å². The van der Waals surface area contributed by atoms with Gasteiger partial charge < -0.3 is 15.0 Å². The fraction of sp³-hybridized carbons (Fsp3) is 0.346. The van der Waals surface area contributed by atoms with Crippen LogP contribution in [0.3, 0.4) is 0 Å². The molecular formula is C26H30N4O2. The largest absolute Gasteiger partial charge is 0.481 e. The maximum absolute atomic E-state index is 12.6. The number of aromatic nitrogens is 2. The summed E-state index contributed by atoms with van der Waals surface area (Å²) < 4.78 is 5.88. The maximum atomic E-state index is 12.6. The van der Waals surface area contributed by atoms with Crippen molar-refractivity contribution in [2.45, 2.75) is 46.1 Å². The molecule has 1 aliphatic rings. The van der Waals surface area contributed by atoms with Crippen LogP contribution >= 0.6 is 0 Å². The van der Waals surface area contributed by atoms with E-state index >= 15 is 0 Å². The van der Waals surface area contributed by atoms with Crippen LogP contribution in [0.25, 0.3) is 11.3 Å². The van der Waals surface area contributed by atoms with E-state index in [4.69, 9.17) is 4.74 Å². The minimum absolute atomic E-state index is 0.190. The SMILES string of the molecule is Cc1ccc(C)c(OC(C)C(=O)Nc2ccc(-c3ccc(N4CCCCC4)nn3)cc2)c1. The fourth-order valence-corrected chi connectivity index (χ4v) is 3.82. The summed E-state index contributed by atoms with van der Waals surface area (Å²) >= 11 is 0. The maximum Gasteiger partial charge on any atom is 0.265 e. The van der Waals surface area contributed by atoms with E-state index in [1.165, 1.54) is 19.3 Å². The lowest BCUT2D eigenvalue weighted by molar-refractivity contribution is -0.122. The first-order chi connectivity index (χ1) is 15.5. The third-order valence-electron chi connectivity index (χ3n) is 5.80. The highest BCUT2D eigenvalue weighted by Gasteiger charge is 2.16. The molecule has 1 unspecified atom stereocenters. The average molecular weight is 431 g/mol. The molecule has 6 nitrogen and oxygen atoms in total. The molecule has 0 bridgehead atoms. The second-order valence-electron chi connectivity index (χ2n) is 8.42. The Labute approximate surface area is 189 Å². The summed E-state index contributed by atoms with van der Waals surface area (Å²) in [5, 5.41) is 11.7. The van der Waals surface area contributed by atoms with Gasteiger partial charge >= 0.3 is 0 Å². The molecule has 166 valence electrons. The Morgan fingerprint density at radius 1 is 0.969 bits per heavy atom. The van der Waals surface area contributed by atoms with Crippen molar-refractivity contribution < 1.29 is 9.53 Å². The summed E-state index contributed by atoms with van der Waals surface area (Å²) in [6.45, 7) is 7.83. The molecule has 0 aliphatic carbocycles. The zero-order valence-electron chi connectivity index (χ0n) is 19.0. The Hall–Kier alpha value is -3.41. The summed E-state index contributed by atoms with van der Waals surface area (Å²) in [6, 6.07) is 17.6. The Bertz CT molecular complexity index is 1060. The molecule has 1 saturated heterocycles. The molecule has 0 spiro atoms. The predicted octanol–water partition coefficient (Wildman–Crippen LogP) is 5.16. The van der Waals surface area contributed by atoms with Crippen LogP contribution in [0.1, 0.15) is 37.3 Å². The normalized spacial score (nSPS) is 14.7. The summed E-state index contributed by atoms with van der Waals surface area (Å²) in [5.74, 6) is 1.48. The van der Waals surface area contributed by atoms with E-state index in [9.17, 15) is 4.79 Å². The highest BCUT2D eigenvalue weighted by Crippen LogP contribution is 2.23. The monoisotopic (exact) mass is 430 g/mol. The van der Waals surface area contributed by atoms with Crippen LogP contribution in [-0.4, -0.2) is 35.3 Å². The number of piperidine rings is 1. The van der Waals surface area contributed by atoms with E-state index in [0.717, 1.165) is 47.0 Å². The van der Waals surface area contributed by atoms with Gasteiger partial charge in [-0.15, -0.1) is 10.2 Å². The van der Waals surface area contributed by atoms with Gasteiger partial charge in [-0.1, -0.05) is 24.3 Å². The third kappa shape index (κ3) is 5.25. The van der Waals surface area contributed by atoms with Gasteiger partial charge in [-0.25, -0.2) is 0 Å². The summed E-state index contributed by atoms with van der Waals surface area (Å²) in [6.07, 6.45) is 3.11. The van der Waals surface area contributed by atoms with Gasteiger partial charge in [-0.2, -0.15) is 0 Å². The van der Waals surface area contributed by atoms with Gasteiger partial charge in [0.15, 0.2) is 11.9 Å². The van der Waals surface area contributed by atoms with Crippen LogP contribution in [0.4, 0.5) is 11.5 Å². The minimum Gasteiger partial charge on any atom is -0.481 e. The molecule has 0 saturated carbocycles. The molecule has 1 aromatic heterocycles. The second kappa shape index (κ2) is 9.81. The number of amides is 1. The number of benzene rings is 2. The Kier molecular flexibility index (Phi) is 6.69. The molecule has 1 aliphatic heterocycles. The van der Waals surface area contributed by atoms with Gasteiger partial charge in [0.2, 0.25) is 0 Å². The van der Waals surface area contributed by atoms with Crippen LogP contribution in [0, 0.1) is 13.8 Å². The molecule has 1 N–H and O–H groups in total. The quantitative estimate of drug-likeness (QED) is 0.585. The number of nitrogens with zero attached hydrogens (tertiary/aromatic N) is 3. The molecule has 1 fully saturated rings. The highest BCUT2D eigenvalue weighted by atomic mass is 16.5. The zero-order chi connectivity index (χ0) is 22.5. The zero-order valence-corrected chi connectivity index (χ0v) is 19.0. The van der Waals surface area contributed by atoms with Gasteiger partial charge in [-0.3, -0.25) is 4.79 Å².